The number of methoxy groups -OCH3 is 1. The van der Waals surface area contributed by atoms with Crippen molar-refractivity contribution in [2.75, 3.05) is 26.8 Å². The Morgan fingerprint density at radius 3 is 2.78 bits per heavy atom. The molecule has 1 amide bonds. The molecule has 8 heteroatoms. The van der Waals surface area contributed by atoms with Crippen molar-refractivity contribution in [2.24, 2.45) is 0 Å². The third kappa shape index (κ3) is 5.40. The highest BCUT2D eigenvalue weighted by atomic mass is 35.5. The number of aromatic nitrogens is 1. The van der Waals surface area contributed by atoms with Gasteiger partial charge in [-0.25, -0.2) is 9.37 Å². The molecule has 2 aromatic carbocycles. The van der Waals surface area contributed by atoms with E-state index in [4.69, 9.17) is 25.5 Å². The molecular formula is C24H24ClFN2O4. The minimum atomic E-state index is -0.526. The molecular weight excluding hydrogens is 435 g/mol. The van der Waals surface area contributed by atoms with Gasteiger partial charge in [-0.1, -0.05) is 23.7 Å². The third-order valence-corrected chi connectivity index (χ3v) is 5.78. The Bertz CT molecular complexity index is 1070. The first-order valence-electron chi connectivity index (χ1n) is 10.4. The van der Waals surface area contributed by atoms with E-state index < -0.39 is 5.82 Å². The fourth-order valence-electron chi connectivity index (χ4n) is 3.75. The van der Waals surface area contributed by atoms with Gasteiger partial charge in [0, 0.05) is 25.6 Å². The van der Waals surface area contributed by atoms with Crippen molar-refractivity contribution < 1.29 is 23.1 Å². The first-order valence-corrected chi connectivity index (χ1v) is 10.8. The number of benzene rings is 2. The second-order valence-corrected chi connectivity index (χ2v) is 8.14. The molecule has 0 aliphatic carbocycles. The molecule has 6 nitrogen and oxygen atoms in total. The highest BCUT2D eigenvalue weighted by Gasteiger charge is 2.28. The SMILES string of the molecule is COc1ccc(Cc2cnc(C3CCCN(C(=O)COc4ccc(F)c(Cl)c4)C3)o2)cc1. The molecule has 1 aliphatic heterocycles. The van der Waals surface area contributed by atoms with Crippen LogP contribution in [0.25, 0.3) is 0 Å². The Kier molecular flexibility index (Phi) is 6.95. The summed E-state index contributed by atoms with van der Waals surface area (Å²) in [7, 11) is 1.64. The maximum absolute atomic E-state index is 13.3. The van der Waals surface area contributed by atoms with Crippen molar-refractivity contribution in [3.63, 3.8) is 0 Å². The van der Waals surface area contributed by atoms with Crippen molar-refractivity contribution in [3.8, 4) is 11.5 Å². The maximum Gasteiger partial charge on any atom is 0.260 e. The summed E-state index contributed by atoms with van der Waals surface area (Å²) in [4.78, 5) is 18.9. The van der Waals surface area contributed by atoms with Crippen LogP contribution in [-0.2, 0) is 11.2 Å². The Hall–Kier alpha value is -3.06. The molecule has 168 valence electrons. The molecule has 1 atom stereocenters. The minimum absolute atomic E-state index is 0.0394. The van der Waals surface area contributed by atoms with Crippen molar-refractivity contribution in [2.45, 2.75) is 25.2 Å². The van der Waals surface area contributed by atoms with Gasteiger partial charge in [0.2, 0.25) is 0 Å². The molecule has 4 rings (SSSR count). The van der Waals surface area contributed by atoms with Gasteiger partial charge < -0.3 is 18.8 Å². The van der Waals surface area contributed by atoms with Crippen LogP contribution in [0, 0.1) is 5.82 Å². The van der Waals surface area contributed by atoms with Gasteiger partial charge in [-0.3, -0.25) is 4.79 Å². The average Bonchev–Trinajstić information content (AvgIpc) is 3.29. The predicted molar refractivity (Wildman–Crippen MR) is 118 cm³/mol. The number of halogens is 2. The van der Waals surface area contributed by atoms with Crippen LogP contribution >= 0.6 is 11.6 Å². The summed E-state index contributed by atoms with van der Waals surface area (Å²) in [6.07, 6.45) is 4.15. The molecule has 0 N–H and O–H groups in total. The standard InChI is InChI=1S/C24H24ClFN2O4/c1-30-18-6-4-16(5-7-18)11-20-13-27-24(32-20)17-3-2-10-28(14-17)23(29)15-31-19-8-9-22(26)21(25)12-19/h4-9,12-13,17H,2-3,10-11,14-15H2,1H3. The number of amides is 1. The van der Waals surface area contributed by atoms with Gasteiger partial charge >= 0.3 is 0 Å². The summed E-state index contributed by atoms with van der Waals surface area (Å²) in [6.45, 7) is 1.04. The number of carbonyl (C=O) groups excluding carboxylic acids is 1. The van der Waals surface area contributed by atoms with Gasteiger partial charge in [0.1, 0.15) is 23.1 Å². The number of hydrogen-bond donors (Lipinski definition) is 0. The Morgan fingerprint density at radius 2 is 2.03 bits per heavy atom. The lowest BCUT2D eigenvalue weighted by Gasteiger charge is -2.31. The summed E-state index contributed by atoms with van der Waals surface area (Å²) >= 11 is 5.76. The van der Waals surface area contributed by atoms with E-state index in [0.717, 1.165) is 29.9 Å². The molecule has 3 aromatic rings. The van der Waals surface area contributed by atoms with Crippen LogP contribution in [-0.4, -0.2) is 42.6 Å². The van der Waals surface area contributed by atoms with E-state index in [1.165, 1.54) is 18.2 Å². The maximum atomic E-state index is 13.3. The zero-order valence-corrected chi connectivity index (χ0v) is 18.5. The van der Waals surface area contributed by atoms with Gasteiger partial charge in [0.05, 0.1) is 24.2 Å². The van der Waals surface area contributed by atoms with Gasteiger partial charge in [-0.05, 0) is 42.7 Å². The average molecular weight is 459 g/mol. The molecule has 1 unspecified atom stereocenters. The molecule has 1 aliphatic rings. The van der Waals surface area contributed by atoms with Crippen molar-refractivity contribution in [3.05, 3.63) is 76.7 Å². The Morgan fingerprint density at radius 1 is 1.25 bits per heavy atom. The van der Waals surface area contributed by atoms with E-state index in [1.54, 1.807) is 18.2 Å². The summed E-state index contributed by atoms with van der Waals surface area (Å²) in [5.41, 5.74) is 1.10. The molecule has 2 heterocycles. The molecule has 0 radical (unpaired) electrons. The monoisotopic (exact) mass is 458 g/mol. The van der Waals surface area contributed by atoms with Crippen LogP contribution in [0.2, 0.25) is 5.02 Å². The van der Waals surface area contributed by atoms with Gasteiger partial charge in [0.15, 0.2) is 12.5 Å². The number of piperidine rings is 1. The minimum Gasteiger partial charge on any atom is -0.497 e. The van der Waals surface area contributed by atoms with Gasteiger partial charge in [-0.2, -0.15) is 0 Å². The zero-order valence-electron chi connectivity index (χ0n) is 17.7. The van der Waals surface area contributed by atoms with Crippen LogP contribution in [0.1, 0.15) is 36.0 Å². The number of likely N-dealkylation sites (tertiary alicyclic amines) is 1. The molecule has 1 aromatic heterocycles. The number of carbonyl (C=O) groups is 1. The summed E-state index contributed by atoms with van der Waals surface area (Å²) in [5.74, 6) is 1.97. The second-order valence-electron chi connectivity index (χ2n) is 7.73. The van der Waals surface area contributed by atoms with Crippen LogP contribution in [0.3, 0.4) is 0 Å². The summed E-state index contributed by atoms with van der Waals surface area (Å²) in [5, 5.41) is -0.0395. The number of ether oxygens (including phenoxy) is 2. The zero-order chi connectivity index (χ0) is 22.5. The smallest absolute Gasteiger partial charge is 0.260 e. The molecule has 0 spiro atoms. The quantitative estimate of drug-likeness (QED) is 0.506. The van der Waals surface area contributed by atoms with E-state index in [9.17, 15) is 9.18 Å². The topological polar surface area (TPSA) is 64.8 Å². The largest absolute Gasteiger partial charge is 0.497 e. The van der Waals surface area contributed by atoms with Gasteiger partial charge in [-0.15, -0.1) is 0 Å². The van der Waals surface area contributed by atoms with E-state index in [1.807, 2.05) is 24.3 Å². The van der Waals surface area contributed by atoms with E-state index in [2.05, 4.69) is 4.98 Å². The highest BCUT2D eigenvalue weighted by molar-refractivity contribution is 6.30. The molecule has 1 fully saturated rings. The lowest BCUT2D eigenvalue weighted by atomic mass is 9.98. The lowest BCUT2D eigenvalue weighted by Crippen LogP contribution is -2.41. The fourth-order valence-corrected chi connectivity index (χ4v) is 3.92. The molecule has 0 bridgehead atoms. The van der Waals surface area contributed by atoms with Gasteiger partial charge in [0.25, 0.3) is 5.91 Å². The predicted octanol–water partition coefficient (Wildman–Crippen LogP) is 4.85. The summed E-state index contributed by atoms with van der Waals surface area (Å²) in [6, 6.07) is 11.8. The first-order chi connectivity index (χ1) is 15.5. The Labute approximate surface area is 190 Å². The molecule has 0 saturated carbocycles. The first kappa shape index (κ1) is 22.1. The normalized spacial score (nSPS) is 16.1. The van der Waals surface area contributed by atoms with Crippen molar-refractivity contribution in [1.29, 1.82) is 0 Å². The number of nitrogens with zero attached hydrogens (tertiary/aromatic N) is 2. The third-order valence-electron chi connectivity index (χ3n) is 5.49. The summed E-state index contributed by atoms with van der Waals surface area (Å²) < 4.78 is 29.9. The van der Waals surface area contributed by atoms with Crippen LogP contribution in [0.5, 0.6) is 11.5 Å². The van der Waals surface area contributed by atoms with Crippen LogP contribution < -0.4 is 9.47 Å². The fraction of sp³-hybridized carbons (Fsp3) is 0.333. The van der Waals surface area contributed by atoms with E-state index >= 15 is 0 Å². The number of hydrogen-bond acceptors (Lipinski definition) is 5. The Balaban J connectivity index is 1.33. The van der Waals surface area contributed by atoms with Crippen LogP contribution in [0.4, 0.5) is 4.39 Å². The number of rotatable bonds is 7. The highest BCUT2D eigenvalue weighted by Crippen LogP contribution is 2.28. The lowest BCUT2D eigenvalue weighted by molar-refractivity contribution is -0.134. The molecule has 1 saturated heterocycles. The van der Waals surface area contributed by atoms with E-state index in [-0.39, 0.29) is 23.5 Å². The second kappa shape index (κ2) is 10.0. The molecule has 32 heavy (non-hydrogen) atoms. The van der Waals surface area contributed by atoms with Crippen LogP contribution in [0.15, 0.2) is 53.1 Å². The van der Waals surface area contributed by atoms with Crippen molar-refractivity contribution in [1.82, 2.24) is 9.88 Å². The number of oxazole rings is 1. The van der Waals surface area contributed by atoms with Crippen molar-refractivity contribution >= 4 is 17.5 Å². The van der Waals surface area contributed by atoms with E-state index in [0.29, 0.717) is 31.2 Å².